The second kappa shape index (κ2) is 5.33. The first-order valence-corrected chi connectivity index (χ1v) is 6.53. The van der Waals surface area contributed by atoms with Crippen LogP contribution in [0, 0.1) is 11.8 Å². The van der Waals surface area contributed by atoms with Crippen molar-refractivity contribution in [3.63, 3.8) is 0 Å². The molecule has 4 unspecified atom stereocenters. The van der Waals surface area contributed by atoms with E-state index in [-0.39, 0.29) is 12.0 Å². The smallest absolute Gasteiger partial charge is 0.233 e. The SMILES string of the molecule is CC(CCC(=O)NN)N1CC2CCC(O)C2C1. The van der Waals surface area contributed by atoms with E-state index < -0.39 is 0 Å². The number of carbonyl (C=O) groups excluding carboxylic acids is 1. The van der Waals surface area contributed by atoms with Crippen molar-refractivity contribution in [2.75, 3.05) is 13.1 Å². The van der Waals surface area contributed by atoms with Crippen LogP contribution < -0.4 is 11.3 Å². The Morgan fingerprint density at radius 3 is 2.94 bits per heavy atom. The number of nitrogens with zero attached hydrogens (tertiary/aromatic N) is 1. The number of carbonyl (C=O) groups is 1. The molecule has 0 spiro atoms. The van der Waals surface area contributed by atoms with E-state index in [1.165, 1.54) is 0 Å². The molecule has 5 heteroatoms. The molecule has 0 aromatic heterocycles. The van der Waals surface area contributed by atoms with Gasteiger partial charge in [-0.15, -0.1) is 0 Å². The molecule has 4 N–H and O–H groups in total. The quantitative estimate of drug-likeness (QED) is 0.363. The van der Waals surface area contributed by atoms with Gasteiger partial charge < -0.3 is 5.11 Å². The third-order valence-corrected chi connectivity index (χ3v) is 4.42. The van der Waals surface area contributed by atoms with E-state index in [0.29, 0.717) is 24.3 Å². The second-order valence-corrected chi connectivity index (χ2v) is 5.48. The van der Waals surface area contributed by atoms with Crippen LogP contribution in [0.4, 0.5) is 0 Å². The van der Waals surface area contributed by atoms with Gasteiger partial charge in [0.15, 0.2) is 0 Å². The lowest BCUT2D eigenvalue weighted by Crippen LogP contribution is -2.35. The molecule has 0 radical (unpaired) electrons. The zero-order valence-corrected chi connectivity index (χ0v) is 10.4. The highest BCUT2D eigenvalue weighted by atomic mass is 16.3. The van der Waals surface area contributed by atoms with Crippen molar-refractivity contribution < 1.29 is 9.90 Å². The van der Waals surface area contributed by atoms with E-state index in [9.17, 15) is 9.90 Å². The zero-order valence-electron chi connectivity index (χ0n) is 10.4. The summed E-state index contributed by atoms with van der Waals surface area (Å²) in [5, 5.41) is 9.85. The largest absolute Gasteiger partial charge is 0.393 e. The van der Waals surface area contributed by atoms with Gasteiger partial charge in [0.2, 0.25) is 5.91 Å². The minimum absolute atomic E-state index is 0.101. The summed E-state index contributed by atoms with van der Waals surface area (Å²) >= 11 is 0. The Bertz CT molecular complexity index is 285. The Morgan fingerprint density at radius 1 is 1.53 bits per heavy atom. The van der Waals surface area contributed by atoms with Crippen LogP contribution in [-0.4, -0.2) is 41.1 Å². The number of amides is 1. The molecule has 1 saturated heterocycles. The van der Waals surface area contributed by atoms with E-state index in [4.69, 9.17) is 5.84 Å². The first kappa shape index (κ1) is 12.8. The van der Waals surface area contributed by atoms with E-state index in [1.54, 1.807) is 0 Å². The lowest BCUT2D eigenvalue weighted by Gasteiger charge is -2.25. The van der Waals surface area contributed by atoms with Crippen LogP contribution in [0.5, 0.6) is 0 Å². The number of nitrogens with two attached hydrogens (primary N) is 1. The summed E-state index contributed by atoms with van der Waals surface area (Å²) in [6.45, 7) is 4.21. The molecule has 1 amide bonds. The summed E-state index contributed by atoms with van der Waals surface area (Å²) in [7, 11) is 0. The highest BCUT2D eigenvalue weighted by Gasteiger charge is 2.42. The van der Waals surface area contributed by atoms with Crippen LogP contribution >= 0.6 is 0 Å². The van der Waals surface area contributed by atoms with Crippen molar-refractivity contribution in [2.45, 2.75) is 44.8 Å². The number of likely N-dealkylation sites (tertiary alicyclic amines) is 1. The average molecular weight is 241 g/mol. The highest BCUT2D eigenvalue weighted by Crippen LogP contribution is 2.39. The molecule has 0 aromatic carbocycles. The minimum atomic E-state index is -0.107. The third-order valence-electron chi connectivity index (χ3n) is 4.42. The number of hydrogen-bond acceptors (Lipinski definition) is 4. The first-order valence-electron chi connectivity index (χ1n) is 6.53. The van der Waals surface area contributed by atoms with E-state index in [1.807, 2.05) is 0 Å². The van der Waals surface area contributed by atoms with Gasteiger partial charge in [0.05, 0.1) is 6.10 Å². The second-order valence-electron chi connectivity index (χ2n) is 5.48. The standard InChI is InChI=1S/C12H23N3O2/c1-8(2-5-12(17)14-13)15-6-9-3-4-11(16)10(9)7-15/h8-11,16H,2-7,13H2,1H3,(H,14,17). The maximum Gasteiger partial charge on any atom is 0.233 e. The lowest BCUT2D eigenvalue weighted by atomic mass is 10.00. The van der Waals surface area contributed by atoms with Crippen molar-refractivity contribution in [1.29, 1.82) is 0 Å². The normalized spacial score (nSPS) is 34.6. The first-order chi connectivity index (χ1) is 8.11. The fourth-order valence-electron chi connectivity index (χ4n) is 3.23. The van der Waals surface area contributed by atoms with Crippen LogP contribution in [0.15, 0.2) is 0 Å². The maximum atomic E-state index is 11.1. The molecule has 0 bridgehead atoms. The molecule has 98 valence electrons. The summed E-state index contributed by atoms with van der Waals surface area (Å²) in [5.41, 5.74) is 2.16. The molecular formula is C12H23N3O2. The molecule has 1 saturated carbocycles. The predicted octanol–water partition coefficient (Wildman–Crippen LogP) is -0.152. The van der Waals surface area contributed by atoms with Crippen LogP contribution in [0.1, 0.15) is 32.6 Å². The molecule has 5 nitrogen and oxygen atoms in total. The Labute approximate surface area is 102 Å². The van der Waals surface area contributed by atoms with Crippen molar-refractivity contribution >= 4 is 5.91 Å². The molecule has 1 heterocycles. The van der Waals surface area contributed by atoms with Gasteiger partial charge >= 0.3 is 0 Å². The van der Waals surface area contributed by atoms with Crippen molar-refractivity contribution in [2.24, 2.45) is 17.7 Å². The number of rotatable bonds is 4. The lowest BCUT2D eigenvalue weighted by molar-refractivity contribution is -0.121. The summed E-state index contributed by atoms with van der Waals surface area (Å²) in [6, 6.07) is 0.394. The zero-order chi connectivity index (χ0) is 12.4. The fraction of sp³-hybridized carbons (Fsp3) is 0.917. The van der Waals surface area contributed by atoms with Gasteiger partial charge in [-0.2, -0.15) is 0 Å². The molecule has 0 aromatic rings. The minimum Gasteiger partial charge on any atom is -0.393 e. The Balaban J connectivity index is 1.78. The summed E-state index contributed by atoms with van der Waals surface area (Å²) < 4.78 is 0. The fourth-order valence-corrected chi connectivity index (χ4v) is 3.23. The summed E-state index contributed by atoms with van der Waals surface area (Å²) in [6.07, 6.45) is 3.32. The average Bonchev–Trinajstić information content (AvgIpc) is 2.88. The van der Waals surface area contributed by atoms with Gasteiger partial charge in [0.25, 0.3) is 0 Å². The monoisotopic (exact) mass is 241 g/mol. The van der Waals surface area contributed by atoms with Gasteiger partial charge in [-0.3, -0.25) is 15.1 Å². The number of nitrogens with one attached hydrogen (secondary N) is 1. The maximum absolute atomic E-state index is 11.1. The van der Waals surface area contributed by atoms with E-state index in [2.05, 4.69) is 17.2 Å². The topological polar surface area (TPSA) is 78.6 Å². The van der Waals surface area contributed by atoms with Crippen molar-refractivity contribution in [3.05, 3.63) is 0 Å². The highest BCUT2D eigenvalue weighted by molar-refractivity contribution is 5.75. The number of aliphatic hydroxyl groups is 1. The molecule has 1 aliphatic carbocycles. The van der Waals surface area contributed by atoms with E-state index >= 15 is 0 Å². The van der Waals surface area contributed by atoms with Crippen LogP contribution in [-0.2, 0) is 4.79 Å². The van der Waals surface area contributed by atoms with Gasteiger partial charge in [-0.25, -0.2) is 5.84 Å². The van der Waals surface area contributed by atoms with Gasteiger partial charge in [-0.05, 0) is 32.1 Å². The number of hydrogen-bond donors (Lipinski definition) is 3. The molecule has 1 aliphatic heterocycles. The third kappa shape index (κ3) is 2.78. The predicted molar refractivity (Wildman–Crippen MR) is 64.8 cm³/mol. The molecule has 2 rings (SSSR count). The van der Waals surface area contributed by atoms with Crippen LogP contribution in [0.2, 0.25) is 0 Å². The van der Waals surface area contributed by atoms with Crippen LogP contribution in [0.25, 0.3) is 0 Å². The van der Waals surface area contributed by atoms with Gasteiger partial charge in [0.1, 0.15) is 0 Å². The van der Waals surface area contributed by atoms with Crippen LogP contribution in [0.3, 0.4) is 0 Å². The Kier molecular flexibility index (Phi) is 4.01. The molecule has 17 heavy (non-hydrogen) atoms. The molecular weight excluding hydrogens is 218 g/mol. The molecule has 4 atom stereocenters. The number of fused-ring (bicyclic) bond motifs is 1. The van der Waals surface area contributed by atoms with E-state index in [0.717, 1.165) is 32.4 Å². The summed E-state index contributed by atoms with van der Waals surface area (Å²) in [4.78, 5) is 13.5. The Morgan fingerprint density at radius 2 is 2.29 bits per heavy atom. The van der Waals surface area contributed by atoms with Gasteiger partial charge in [0, 0.05) is 31.5 Å². The number of hydrazine groups is 1. The van der Waals surface area contributed by atoms with Crippen molar-refractivity contribution in [1.82, 2.24) is 10.3 Å². The molecule has 2 aliphatic rings. The number of aliphatic hydroxyl groups excluding tert-OH is 1. The van der Waals surface area contributed by atoms with Gasteiger partial charge in [-0.1, -0.05) is 0 Å². The Hall–Kier alpha value is -0.650. The molecule has 2 fully saturated rings. The van der Waals surface area contributed by atoms with Crippen molar-refractivity contribution in [3.8, 4) is 0 Å². The summed E-state index contributed by atoms with van der Waals surface area (Å²) in [5.74, 6) is 6.08.